The summed E-state index contributed by atoms with van der Waals surface area (Å²) in [7, 11) is 0. The van der Waals surface area contributed by atoms with Crippen LogP contribution in [0.3, 0.4) is 0 Å². The van der Waals surface area contributed by atoms with Gasteiger partial charge in [-0.05, 0) is 101 Å². The molecule has 1 atom stereocenters. The molecule has 0 unspecified atom stereocenters. The first-order valence-corrected chi connectivity index (χ1v) is 15.0. The van der Waals surface area contributed by atoms with E-state index < -0.39 is 23.5 Å². The van der Waals surface area contributed by atoms with Gasteiger partial charge in [-0.2, -0.15) is 5.10 Å². The van der Waals surface area contributed by atoms with E-state index in [0.717, 1.165) is 39.8 Å². The number of hydrogen-bond acceptors (Lipinski definition) is 5. The van der Waals surface area contributed by atoms with Crippen molar-refractivity contribution in [2.75, 3.05) is 6.61 Å². The van der Waals surface area contributed by atoms with Crippen molar-refractivity contribution in [3.05, 3.63) is 94.2 Å². The Bertz CT molecular complexity index is 1980. The predicted octanol–water partition coefficient (Wildman–Crippen LogP) is 8.20. The SMILES string of the molecule is Cc1cc(F)ccc1-c1cccc(-c2cc3nc(C)c([C@H](OC(C)(C)C)C(=O)O)c(-c4cc(F)c5c(c4C)CCCO5)n3n2)c1. The minimum Gasteiger partial charge on any atom is -0.490 e. The van der Waals surface area contributed by atoms with Crippen LogP contribution in [0.15, 0.2) is 54.6 Å². The molecule has 232 valence electrons. The lowest BCUT2D eigenvalue weighted by Crippen LogP contribution is -2.29. The fraction of sp³-hybridized carbons (Fsp3) is 0.306. The summed E-state index contributed by atoms with van der Waals surface area (Å²) in [5, 5.41) is 15.4. The van der Waals surface area contributed by atoms with E-state index in [0.29, 0.717) is 46.9 Å². The van der Waals surface area contributed by atoms with Gasteiger partial charge >= 0.3 is 5.97 Å². The first-order chi connectivity index (χ1) is 21.3. The highest BCUT2D eigenvalue weighted by Crippen LogP contribution is 2.42. The Balaban J connectivity index is 1.62. The topological polar surface area (TPSA) is 86.0 Å². The van der Waals surface area contributed by atoms with Crippen molar-refractivity contribution in [2.24, 2.45) is 0 Å². The molecule has 9 heteroatoms. The van der Waals surface area contributed by atoms with Gasteiger partial charge in [0.1, 0.15) is 5.82 Å². The fourth-order valence-electron chi connectivity index (χ4n) is 6.13. The highest BCUT2D eigenvalue weighted by atomic mass is 19.1. The van der Waals surface area contributed by atoms with Gasteiger partial charge in [0.25, 0.3) is 0 Å². The summed E-state index contributed by atoms with van der Waals surface area (Å²) in [6, 6.07) is 15.7. The number of nitrogens with zero attached hydrogens (tertiary/aromatic N) is 3. The number of aliphatic carboxylic acids is 1. The van der Waals surface area contributed by atoms with Crippen LogP contribution >= 0.6 is 0 Å². The number of hydrogen-bond donors (Lipinski definition) is 1. The van der Waals surface area contributed by atoms with Crippen molar-refractivity contribution < 1.29 is 28.2 Å². The zero-order valence-electron chi connectivity index (χ0n) is 26.2. The average molecular weight is 612 g/mol. The molecule has 1 N–H and O–H groups in total. The van der Waals surface area contributed by atoms with E-state index in [1.165, 1.54) is 18.2 Å². The van der Waals surface area contributed by atoms with Gasteiger partial charge < -0.3 is 14.6 Å². The van der Waals surface area contributed by atoms with Crippen LogP contribution in [0.4, 0.5) is 8.78 Å². The van der Waals surface area contributed by atoms with Gasteiger partial charge in [-0.1, -0.05) is 24.3 Å². The second-order valence-corrected chi connectivity index (χ2v) is 12.5. The molecule has 0 spiro atoms. The summed E-state index contributed by atoms with van der Waals surface area (Å²) >= 11 is 0. The number of aryl methyl sites for hydroxylation is 2. The molecule has 3 heterocycles. The third-order valence-corrected chi connectivity index (χ3v) is 8.14. The smallest absolute Gasteiger partial charge is 0.337 e. The van der Waals surface area contributed by atoms with E-state index in [9.17, 15) is 14.3 Å². The Morgan fingerprint density at radius 3 is 2.49 bits per heavy atom. The van der Waals surface area contributed by atoms with Gasteiger partial charge in [0, 0.05) is 34.0 Å². The van der Waals surface area contributed by atoms with Crippen molar-refractivity contribution in [2.45, 2.75) is 66.1 Å². The number of rotatable bonds is 6. The van der Waals surface area contributed by atoms with E-state index in [1.54, 1.807) is 38.3 Å². The zero-order chi connectivity index (χ0) is 32.2. The summed E-state index contributed by atoms with van der Waals surface area (Å²) < 4.78 is 42.9. The zero-order valence-corrected chi connectivity index (χ0v) is 26.2. The number of ether oxygens (including phenoxy) is 2. The Morgan fingerprint density at radius 1 is 1.02 bits per heavy atom. The maximum atomic E-state index is 15.7. The summed E-state index contributed by atoms with van der Waals surface area (Å²) in [5.41, 5.74) is 6.80. The quantitative estimate of drug-likeness (QED) is 0.208. The van der Waals surface area contributed by atoms with Gasteiger partial charge in [-0.15, -0.1) is 0 Å². The third kappa shape index (κ3) is 5.68. The van der Waals surface area contributed by atoms with Crippen molar-refractivity contribution in [1.82, 2.24) is 14.6 Å². The van der Waals surface area contributed by atoms with Crippen LogP contribution in [0.2, 0.25) is 0 Å². The molecular weight excluding hydrogens is 576 g/mol. The largest absolute Gasteiger partial charge is 0.490 e. The summed E-state index contributed by atoms with van der Waals surface area (Å²) in [6.45, 7) is 11.3. The molecular formula is C36H35F2N3O4. The molecule has 2 aromatic heterocycles. The molecule has 6 rings (SSSR count). The Morgan fingerprint density at radius 2 is 1.78 bits per heavy atom. The molecule has 5 aromatic rings. The number of halogens is 2. The Hall–Kier alpha value is -4.63. The number of carboxylic acid groups (broad SMARTS) is 1. The monoisotopic (exact) mass is 611 g/mol. The first kappa shape index (κ1) is 30.4. The molecule has 0 bridgehead atoms. The van der Waals surface area contributed by atoms with Gasteiger partial charge in [0.2, 0.25) is 0 Å². The fourth-order valence-corrected chi connectivity index (χ4v) is 6.13. The molecule has 0 aliphatic carbocycles. The van der Waals surface area contributed by atoms with Crippen molar-refractivity contribution >= 4 is 11.6 Å². The van der Waals surface area contributed by atoms with Crippen LogP contribution in [-0.4, -0.2) is 37.9 Å². The predicted molar refractivity (Wildman–Crippen MR) is 168 cm³/mol. The highest BCUT2D eigenvalue weighted by Gasteiger charge is 2.34. The number of fused-ring (bicyclic) bond motifs is 2. The van der Waals surface area contributed by atoms with Crippen molar-refractivity contribution in [3.8, 4) is 39.4 Å². The normalized spacial score (nSPS) is 13.9. The lowest BCUT2D eigenvalue weighted by molar-refractivity contribution is -0.160. The lowest BCUT2D eigenvalue weighted by atomic mass is 9.91. The number of carbonyl (C=O) groups is 1. The maximum absolute atomic E-state index is 15.7. The van der Waals surface area contributed by atoms with Crippen LogP contribution in [0.25, 0.3) is 39.3 Å². The average Bonchev–Trinajstić information content (AvgIpc) is 3.40. The van der Waals surface area contributed by atoms with Crippen LogP contribution < -0.4 is 4.74 Å². The summed E-state index contributed by atoms with van der Waals surface area (Å²) in [5.74, 6) is -1.77. The molecule has 1 aliphatic heterocycles. The van der Waals surface area contributed by atoms with Gasteiger partial charge in [-0.25, -0.2) is 23.1 Å². The number of carboxylic acids is 1. The molecule has 0 radical (unpaired) electrons. The second-order valence-electron chi connectivity index (χ2n) is 12.5. The van der Waals surface area contributed by atoms with Crippen LogP contribution in [0, 0.1) is 32.4 Å². The van der Waals surface area contributed by atoms with Crippen LogP contribution in [-0.2, 0) is 16.0 Å². The number of benzene rings is 3. The van der Waals surface area contributed by atoms with Crippen molar-refractivity contribution in [3.63, 3.8) is 0 Å². The Labute approximate surface area is 260 Å². The minimum absolute atomic E-state index is 0.237. The van der Waals surface area contributed by atoms with Crippen molar-refractivity contribution in [1.29, 1.82) is 0 Å². The standard InChI is InChI=1S/C36H35F2N3O4/c1-19-15-24(37)12-13-25(19)22-9-7-10-23(16-22)29-18-30-39-21(3)31(34(35(42)43)45-36(4,5)6)32(41(30)40-29)27-17-28(38)33-26(20(27)2)11-8-14-44-33/h7,9-10,12-13,15-18,34H,8,11,14H2,1-6H3,(H,42,43)/t34-/m0/s1. The molecule has 1 aliphatic rings. The van der Waals surface area contributed by atoms with Gasteiger partial charge in [-0.3, -0.25) is 0 Å². The molecule has 0 fully saturated rings. The molecule has 0 amide bonds. The summed E-state index contributed by atoms with van der Waals surface area (Å²) in [4.78, 5) is 17.6. The van der Waals surface area contributed by atoms with E-state index in [-0.39, 0.29) is 11.6 Å². The molecule has 45 heavy (non-hydrogen) atoms. The van der Waals surface area contributed by atoms with E-state index >= 15 is 4.39 Å². The third-order valence-electron chi connectivity index (χ3n) is 8.14. The minimum atomic E-state index is -1.40. The lowest BCUT2D eigenvalue weighted by Gasteiger charge is -2.28. The Kier molecular flexibility index (Phi) is 7.69. The molecule has 0 saturated carbocycles. The van der Waals surface area contributed by atoms with Crippen LogP contribution in [0.5, 0.6) is 5.75 Å². The molecule has 3 aromatic carbocycles. The second kappa shape index (κ2) is 11.4. The van der Waals surface area contributed by atoms with Crippen LogP contribution in [0.1, 0.15) is 61.2 Å². The molecule has 0 saturated heterocycles. The van der Waals surface area contributed by atoms with Gasteiger partial charge in [0.05, 0.1) is 23.6 Å². The van der Waals surface area contributed by atoms with Gasteiger partial charge in [0.15, 0.2) is 23.3 Å². The first-order valence-electron chi connectivity index (χ1n) is 15.0. The highest BCUT2D eigenvalue weighted by molar-refractivity contribution is 5.83. The maximum Gasteiger partial charge on any atom is 0.337 e. The van der Waals surface area contributed by atoms with E-state index in [4.69, 9.17) is 19.6 Å². The van der Waals surface area contributed by atoms with E-state index in [1.807, 2.05) is 44.2 Å². The molecule has 7 nitrogen and oxygen atoms in total. The number of aromatic nitrogens is 3. The van der Waals surface area contributed by atoms with E-state index in [2.05, 4.69) is 0 Å². The summed E-state index contributed by atoms with van der Waals surface area (Å²) in [6.07, 6.45) is -0.0197.